The van der Waals surface area contributed by atoms with Crippen LogP contribution in [0, 0.1) is 5.92 Å². The number of nitrogens with zero attached hydrogens (tertiary/aromatic N) is 4. The van der Waals surface area contributed by atoms with Crippen molar-refractivity contribution >= 4 is 16.8 Å². The summed E-state index contributed by atoms with van der Waals surface area (Å²) in [6, 6.07) is 7.94. The van der Waals surface area contributed by atoms with Crippen molar-refractivity contribution in [2.75, 3.05) is 20.1 Å². The van der Waals surface area contributed by atoms with Crippen LogP contribution in [0.5, 0.6) is 0 Å². The summed E-state index contributed by atoms with van der Waals surface area (Å²) >= 11 is 0. The molecule has 1 amide bonds. The van der Waals surface area contributed by atoms with Crippen molar-refractivity contribution in [3.8, 4) is 11.5 Å². The first-order valence-corrected chi connectivity index (χ1v) is 9.47. The van der Waals surface area contributed by atoms with Gasteiger partial charge < -0.3 is 14.3 Å². The van der Waals surface area contributed by atoms with Gasteiger partial charge >= 0.3 is 0 Å². The number of carbonyl (C=O) groups excluding carboxylic acids is 1. The van der Waals surface area contributed by atoms with E-state index in [-0.39, 0.29) is 12.5 Å². The Morgan fingerprint density at radius 2 is 2.04 bits per heavy atom. The molecule has 1 fully saturated rings. The summed E-state index contributed by atoms with van der Waals surface area (Å²) in [5.74, 6) is 1.89. The lowest BCUT2D eigenvalue weighted by molar-refractivity contribution is -0.121. The highest BCUT2D eigenvalue weighted by Gasteiger charge is 2.20. The molecule has 1 saturated heterocycles. The first-order valence-electron chi connectivity index (χ1n) is 9.47. The van der Waals surface area contributed by atoms with Crippen molar-refractivity contribution in [3.05, 3.63) is 36.4 Å². The lowest BCUT2D eigenvalue weighted by Crippen LogP contribution is -2.32. The van der Waals surface area contributed by atoms with E-state index in [9.17, 15) is 4.79 Å². The summed E-state index contributed by atoms with van der Waals surface area (Å²) in [5, 5.41) is 12.2. The highest BCUT2D eigenvalue weighted by Crippen LogP contribution is 2.30. The van der Waals surface area contributed by atoms with Gasteiger partial charge in [-0.1, -0.05) is 25.1 Å². The maximum Gasteiger partial charge on any atom is 0.249 e. The van der Waals surface area contributed by atoms with Gasteiger partial charge in [0, 0.05) is 24.1 Å². The number of amides is 1. The van der Waals surface area contributed by atoms with E-state index in [1.807, 2.05) is 35.0 Å². The molecule has 7 heteroatoms. The van der Waals surface area contributed by atoms with Crippen LogP contribution in [0.4, 0.5) is 0 Å². The monoisotopic (exact) mass is 367 g/mol. The molecular formula is C20H25N5O2. The van der Waals surface area contributed by atoms with Gasteiger partial charge in [0.15, 0.2) is 0 Å². The van der Waals surface area contributed by atoms with Gasteiger partial charge in [-0.15, -0.1) is 10.2 Å². The Kier molecular flexibility index (Phi) is 4.94. The predicted molar refractivity (Wildman–Crippen MR) is 103 cm³/mol. The molecule has 1 aromatic carbocycles. The molecule has 0 radical (unpaired) electrons. The summed E-state index contributed by atoms with van der Waals surface area (Å²) in [6.07, 6.45) is 4.35. The molecule has 142 valence electrons. The molecule has 1 aliphatic rings. The highest BCUT2D eigenvalue weighted by atomic mass is 16.4. The van der Waals surface area contributed by atoms with Gasteiger partial charge in [0.05, 0.1) is 12.1 Å². The highest BCUT2D eigenvalue weighted by molar-refractivity contribution is 5.94. The molecule has 0 bridgehead atoms. The van der Waals surface area contributed by atoms with Crippen LogP contribution in [0.15, 0.2) is 34.9 Å². The van der Waals surface area contributed by atoms with Crippen LogP contribution in [0.1, 0.15) is 25.7 Å². The van der Waals surface area contributed by atoms with Gasteiger partial charge in [0.2, 0.25) is 17.7 Å². The quantitative estimate of drug-likeness (QED) is 0.750. The maximum atomic E-state index is 11.8. The van der Waals surface area contributed by atoms with Crippen LogP contribution >= 0.6 is 0 Å². The second-order valence-electron chi connectivity index (χ2n) is 7.32. The van der Waals surface area contributed by atoms with E-state index in [1.165, 1.54) is 12.8 Å². The molecular weight excluding hydrogens is 342 g/mol. The van der Waals surface area contributed by atoms with Gasteiger partial charge in [0.25, 0.3) is 0 Å². The SMILES string of the molecule is CNC(=O)Cn1cc(-c2nnc(CN3CCC(C)CC3)o2)c2ccccc21. The fraction of sp³-hybridized carbons (Fsp3) is 0.450. The zero-order chi connectivity index (χ0) is 18.8. The van der Waals surface area contributed by atoms with E-state index in [0.29, 0.717) is 18.3 Å². The molecule has 0 aliphatic carbocycles. The molecule has 1 N–H and O–H groups in total. The minimum absolute atomic E-state index is 0.0483. The van der Waals surface area contributed by atoms with Gasteiger partial charge in [0.1, 0.15) is 6.54 Å². The summed E-state index contributed by atoms with van der Waals surface area (Å²) in [7, 11) is 1.64. The summed E-state index contributed by atoms with van der Waals surface area (Å²) in [4.78, 5) is 14.2. The Hall–Kier alpha value is -2.67. The number of nitrogens with one attached hydrogen (secondary N) is 1. The van der Waals surface area contributed by atoms with Crippen LogP contribution in [0.2, 0.25) is 0 Å². The number of fused-ring (bicyclic) bond motifs is 1. The normalized spacial score (nSPS) is 16.1. The number of rotatable bonds is 5. The number of hydrogen-bond acceptors (Lipinski definition) is 5. The number of hydrogen-bond donors (Lipinski definition) is 1. The lowest BCUT2D eigenvalue weighted by Gasteiger charge is -2.28. The molecule has 7 nitrogen and oxygen atoms in total. The lowest BCUT2D eigenvalue weighted by atomic mass is 9.99. The number of likely N-dealkylation sites (N-methyl/N-ethyl adjacent to an activating group) is 1. The molecule has 3 aromatic rings. The third kappa shape index (κ3) is 3.73. The van der Waals surface area contributed by atoms with Crippen LogP contribution < -0.4 is 5.32 Å². The second kappa shape index (κ2) is 7.52. The molecule has 27 heavy (non-hydrogen) atoms. The van der Waals surface area contributed by atoms with E-state index >= 15 is 0 Å². The van der Waals surface area contributed by atoms with E-state index in [4.69, 9.17) is 4.42 Å². The molecule has 4 rings (SSSR count). The Labute approximate surface area is 158 Å². The number of para-hydroxylation sites is 1. The number of piperidine rings is 1. The minimum Gasteiger partial charge on any atom is -0.419 e. The zero-order valence-corrected chi connectivity index (χ0v) is 15.8. The van der Waals surface area contributed by atoms with E-state index in [1.54, 1.807) is 7.05 Å². The van der Waals surface area contributed by atoms with Crippen molar-refractivity contribution in [1.29, 1.82) is 0 Å². The minimum atomic E-state index is -0.0483. The standard InChI is InChI=1S/C20H25N5O2/c1-14-7-9-24(10-8-14)13-19-22-23-20(27-19)16-11-25(12-18(26)21-2)17-6-4-3-5-15(16)17/h3-6,11,14H,7-10,12-13H2,1-2H3,(H,21,26). The first kappa shape index (κ1) is 17.7. The Bertz CT molecular complexity index is 937. The van der Waals surface area contributed by atoms with Gasteiger partial charge in [-0.25, -0.2) is 0 Å². The fourth-order valence-electron chi connectivity index (χ4n) is 3.62. The molecule has 0 atom stereocenters. The summed E-state index contributed by atoms with van der Waals surface area (Å²) in [6.45, 7) is 5.39. The number of benzene rings is 1. The Morgan fingerprint density at radius 3 is 2.81 bits per heavy atom. The van der Waals surface area contributed by atoms with Crippen molar-refractivity contribution < 1.29 is 9.21 Å². The van der Waals surface area contributed by atoms with Crippen molar-refractivity contribution in [3.63, 3.8) is 0 Å². The molecule has 0 unspecified atom stereocenters. The summed E-state index contributed by atoms with van der Waals surface area (Å²) in [5.41, 5.74) is 1.83. The molecule has 0 saturated carbocycles. The molecule has 3 heterocycles. The van der Waals surface area contributed by atoms with E-state index in [2.05, 4.69) is 27.3 Å². The van der Waals surface area contributed by atoms with Crippen LogP contribution in [0.25, 0.3) is 22.4 Å². The Morgan fingerprint density at radius 1 is 1.26 bits per heavy atom. The molecule has 0 spiro atoms. The van der Waals surface area contributed by atoms with Crippen molar-refractivity contribution in [2.45, 2.75) is 32.9 Å². The average Bonchev–Trinajstić information content (AvgIpc) is 3.28. The molecule has 2 aromatic heterocycles. The third-order valence-corrected chi connectivity index (χ3v) is 5.31. The maximum absolute atomic E-state index is 11.8. The van der Waals surface area contributed by atoms with E-state index in [0.717, 1.165) is 35.5 Å². The first-order chi connectivity index (χ1) is 13.1. The van der Waals surface area contributed by atoms with Crippen LogP contribution in [-0.2, 0) is 17.9 Å². The largest absolute Gasteiger partial charge is 0.419 e. The van der Waals surface area contributed by atoms with Crippen LogP contribution in [0.3, 0.4) is 0 Å². The van der Waals surface area contributed by atoms with Crippen LogP contribution in [-0.4, -0.2) is 45.7 Å². The zero-order valence-electron chi connectivity index (χ0n) is 15.8. The average molecular weight is 367 g/mol. The van der Waals surface area contributed by atoms with Gasteiger partial charge in [-0.3, -0.25) is 9.69 Å². The van der Waals surface area contributed by atoms with Crippen molar-refractivity contribution in [2.24, 2.45) is 5.92 Å². The third-order valence-electron chi connectivity index (χ3n) is 5.31. The predicted octanol–water partition coefficient (Wildman–Crippen LogP) is 2.67. The fourth-order valence-corrected chi connectivity index (χ4v) is 3.62. The molecule has 1 aliphatic heterocycles. The van der Waals surface area contributed by atoms with Crippen molar-refractivity contribution in [1.82, 2.24) is 25.0 Å². The number of aromatic nitrogens is 3. The van der Waals surface area contributed by atoms with Gasteiger partial charge in [-0.05, 0) is 37.9 Å². The van der Waals surface area contributed by atoms with E-state index < -0.39 is 0 Å². The second-order valence-corrected chi connectivity index (χ2v) is 7.32. The van der Waals surface area contributed by atoms with Gasteiger partial charge in [-0.2, -0.15) is 0 Å². The number of carbonyl (C=O) groups is 1. The Balaban J connectivity index is 1.59. The summed E-state index contributed by atoms with van der Waals surface area (Å²) < 4.78 is 7.89. The number of likely N-dealkylation sites (tertiary alicyclic amines) is 1. The topological polar surface area (TPSA) is 76.2 Å². The smallest absolute Gasteiger partial charge is 0.249 e.